The molecule has 0 bridgehead atoms. The predicted octanol–water partition coefficient (Wildman–Crippen LogP) is 4.97. The van der Waals surface area contributed by atoms with Crippen molar-refractivity contribution >= 4 is 23.3 Å². The Kier molecular flexibility index (Phi) is 7.19. The monoisotopic (exact) mass is 490 g/mol. The van der Waals surface area contributed by atoms with Crippen LogP contribution in [0.15, 0.2) is 60.7 Å². The Bertz CT molecular complexity index is 1290. The van der Waals surface area contributed by atoms with Gasteiger partial charge in [0.1, 0.15) is 11.9 Å². The second-order valence-electron chi connectivity index (χ2n) is 8.68. The third kappa shape index (κ3) is 5.46. The van der Waals surface area contributed by atoms with E-state index in [1.807, 2.05) is 12.1 Å². The molecule has 9 nitrogen and oxygen atoms in total. The zero-order valence-corrected chi connectivity index (χ0v) is 20.1. The number of benzene rings is 3. The Morgan fingerprint density at radius 3 is 2.22 bits per heavy atom. The number of fused-ring (bicyclic) bond motifs is 1. The zero-order chi connectivity index (χ0) is 25.8. The van der Waals surface area contributed by atoms with Crippen LogP contribution in [0, 0.1) is 10.1 Å². The predicted molar refractivity (Wildman–Crippen MR) is 133 cm³/mol. The van der Waals surface area contributed by atoms with Gasteiger partial charge >= 0.3 is 11.7 Å². The van der Waals surface area contributed by atoms with E-state index in [0.29, 0.717) is 24.3 Å². The summed E-state index contributed by atoms with van der Waals surface area (Å²) in [4.78, 5) is 36.0. The first-order valence-electron chi connectivity index (χ1n) is 11.5. The van der Waals surface area contributed by atoms with Crippen LogP contribution in [0.5, 0.6) is 11.5 Å². The minimum Gasteiger partial charge on any atom is -0.488 e. The van der Waals surface area contributed by atoms with Crippen LogP contribution < -0.4 is 14.8 Å². The van der Waals surface area contributed by atoms with Crippen LogP contribution in [0.3, 0.4) is 0 Å². The molecule has 1 aliphatic rings. The highest BCUT2D eigenvalue weighted by molar-refractivity contribution is 6.06. The maximum absolute atomic E-state index is 13.1. The van der Waals surface area contributed by atoms with Crippen molar-refractivity contribution in [2.75, 3.05) is 12.4 Å². The highest BCUT2D eigenvalue weighted by atomic mass is 16.6. The van der Waals surface area contributed by atoms with Crippen molar-refractivity contribution in [2.45, 2.75) is 38.9 Å². The lowest BCUT2D eigenvalue weighted by molar-refractivity contribution is -0.386. The third-order valence-corrected chi connectivity index (χ3v) is 5.74. The Labute approximate surface area is 208 Å². The van der Waals surface area contributed by atoms with E-state index < -0.39 is 16.8 Å². The minimum atomic E-state index is -0.559. The fourth-order valence-electron chi connectivity index (χ4n) is 4.10. The molecule has 0 atom stereocenters. The molecule has 0 aliphatic heterocycles. The topological polar surface area (TPSA) is 117 Å². The second kappa shape index (κ2) is 10.5. The number of carbonyl (C=O) groups is 2. The first kappa shape index (κ1) is 24.7. The van der Waals surface area contributed by atoms with Crippen LogP contribution >= 0.6 is 0 Å². The van der Waals surface area contributed by atoms with Gasteiger partial charge in [0.15, 0.2) is 5.75 Å². The molecule has 0 heterocycles. The largest absolute Gasteiger partial charge is 0.488 e. The Morgan fingerprint density at radius 2 is 1.61 bits per heavy atom. The standard InChI is InChI=1S/C27H26N2O7/c1-16(2)35-25-14-19(9-11-23(25)29(32)33)26(30)28-22-10-8-20(27(31)34-3)15-24(22)36-21-12-17-6-4-5-7-18(17)13-21/h4-11,14-16,21H,12-13H2,1-3H3,(H,28,30). The van der Waals surface area contributed by atoms with E-state index in [1.165, 1.54) is 48.6 Å². The number of methoxy groups -OCH3 is 1. The molecule has 186 valence electrons. The number of amides is 1. The summed E-state index contributed by atoms with van der Waals surface area (Å²) in [6.07, 6.45) is 0.911. The maximum atomic E-state index is 13.1. The fraction of sp³-hybridized carbons (Fsp3) is 0.259. The number of nitrogens with zero attached hydrogens (tertiary/aromatic N) is 1. The Hall–Kier alpha value is -4.40. The lowest BCUT2D eigenvalue weighted by Crippen LogP contribution is -2.19. The van der Waals surface area contributed by atoms with Gasteiger partial charge in [0, 0.05) is 30.5 Å². The fourth-order valence-corrected chi connectivity index (χ4v) is 4.10. The number of nitro groups is 1. The van der Waals surface area contributed by atoms with E-state index in [4.69, 9.17) is 14.2 Å². The number of anilines is 1. The summed E-state index contributed by atoms with van der Waals surface area (Å²) in [5.74, 6) is -0.712. The van der Waals surface area contributed by atoms with Gasteiger partial charge in [-0.05, 0) is 49.2 Å². The highest BCUT2D eigenvalue weighted by Crippen LogP contribution is 2.33. The molecule has 0 radical (unpaired) electrons. The molecule has 36 heavy (non-hydrogen) atoms. The van der Waals surface area contributed by atoms with Crippen LogP contribution in [0.25, 0.3) is 0 Å². The van der Waals surface area contributed by atoms with Crippen LogP contribution in [0.1, 0.15) is 45.7 Å². The van der Waals surface area contributed by atoms with Crippen molar-refractivity contribution in [2.24, 2.45) is 0 Å². The van der Waals surface area contributed by atoms with Crippen LogP contribution in [0.4, 0.5) is 11.4 Å². The van der Waals surface area contributed by atoms with Gasteiger partial charge in [-0.2, -0.15) is 0 Å². The first-order valence-corrected chi connectivity index (χ1v) is 11.5. The second-order valence-corrected chi connectivity index (χ2v) is 8.68. The van der Waals surface area contributed by atoms with Crippen LogP contribution in [-0.2, 0) is 17.6 Å². The van der Waals surface area contributed by atoms with Gasteiger partial charge in [-0.3, -0.25) is 14.9 Å². The summed E-state index contributed by atoms with van der Waals surface area (Å²) in [6, 6.07) is 16.6. The summed E-state index contributed by atoms with van der Waals surface area (Å²) < 4.78 is 16.6. The van der Waals surface area contributed by atoms with Crippen molar-refractivity contribution in [3.05, 3.63) is 93.0 Å². The third-order valence-electron chi connectivity index (χ3n) is 5.74. The molecule has 0 aromatic heterocycles. The smallest absolute Gasteiger partial charge is 0.337 e. The van der Waals surface area contributed by atoms with Crippen molar-refractivity contribution < 1.29 is 28.7 Å². The molecule has 0 unspecified atom stereocenters. The van der Waals surface area contributed by atoms with E-state index in [-0.39, 0.29) is 34.8 Å². The van der Waals surface area contributed by atoms with Gasteiger partial charge in [-0.1, -0.05) is 24.3 Å². The average Bonchev–Trinajstić information content (AvgIpc) is 3.26. The summed E-state index contributed by atoms with van der Waals surface area (Å²) in [5.41, 5.74) is 2.97. The molecule has 9 heteroatoms. The molecule has 0 saturated carbocycles. The normalized spacial score (nSPS) is 12.7. The van der Waals surface area contributed by atoms with E-state index in [9.17, 15) is 19.7 Å². The maximum Gasteiger partial charge on any atom is 0.337 e. The summed E-state index contributed by atoms with van der Waals surface area (Å²) >= 11 is 0. The first-order chi connectivity index (χ1) is 17.2. The molecule has 1 N–H and O–H groups in total. The molecular weight excluding hydrogens is 464 g/mol. The SMILES string of the molecule is COC(=O)c1ccc(NC(=O)c2ccc([N+](=O)[O-])c(OC(C)C)c2)c(OC2Cc3ccccc3C2)c1. The molecule has 1 aliphatic carbocycles. The number of nitrogens with one attached hydrogen (secondary N) is 1. The molecule has 3 aromatic rings. The van der Waals surface area contributed by atoms with Gasteiger partial charge in [0.25, 0.3) is 5.91 Å². The number of hydrogen-bond donors (Lipinski definition) is 1. The minimum absolute atomic E-state index is 0.00360. The van der Waals surface area contributed by atoms with Crippen LogP contribution in [0.2, 0.25) is 0 Å². The number of rotatable bonds is 8. The number of hydrogen-bond acceptors (Lipinski definition) is 7. The molecule has 4 rings (SSSR count). The molecule has 0 saturated heterocycles. The van der Waals surface area contributed by atoms with E-state index in [1.54, 1.807) is 19.9 Å². The van der Waals surface area contributed by atoms with Gasteiger partial charge < -0.3 is 19.5 Å². The van der Waals surface area contributed by atoms with E-state index in [0.717, 1.165) is 0 Å². The van der Waals surface area contributed by atoms with E-state index >= 15 is 0 Å². The molecular formula is C27H26N2O7. The Balaban J connectivity index is 1.61. The number of esters is 1. The summed E-state index contributed by atoms with van der Waals surface area (Å²) in [7, 11) is 1.29. The summed E-state index contributed by atoms with van der Waals surface area (Å²) in [5, 5.41) is 14.1. The van der Waals surface area contributed by atoms with Crippen molar-refractivity contribution in [3.63, 3.8) is 0 Å². The number of ether oxygens (including phenoxy) is 3. The lowest BCUT2D eigenvalue weighted by Gasteiger charge is -2.18. The van der Waals surface area contributed by atoms with Gasteiger partial charge in [0.2, 0.25) is 0 Å². The molecule has 0 fully saturated rings. The Morgan fingerprint density at radius 1 is 0.972 bits per heavy atom. The van der Waals surface area contributed by atoms with Crippen LogP contribution in [-0.4, -0.2) is 36.1 Å². The van der Waals surface area contributed by atoms with Gasteiger partial charge in [-0.15, -0.1) is 0 Å². The van der Waals surface area contributed by atoms with Gasteiger partial charge in [-0.25, -0.2) is 4.79 Å². The molecule has 3 aromatic carbocycles. The average molecular weight is 491 g/mol. The zero-order valence-electron chi connectivity index (χ0n) is 20.1. The summed E-state index contributed by atoms with van der Waals surface area (Å²) in [6.45, 7) is 3.48. The number of nitro benzene ring substituents is 1. The molecule has 0 spiro atoms. The van der Waals surface area contributed by atoms with Crippen molar-refractivity contribution in [3.8, 4) is 11.5 Å². The van der Waals surface area contributed by atoms with Crippen molar-refractivity contribution in [1.29, 1.82) is 0 Å². The quantitative estimate of drug-likeness (QED) is 0.269. The van der Waals surface area contributed by atoms with Crippen molar-refractivity contribution in [1.82, 2.24) is 0 Å². The number of carbonyl (C=O) groups excluding carboxylic acids is 2. The highest BCUT2D eigenvalue weighted by Gasteiger charge is 2.25. The molecule has 1 amide bonds. The lowest BCUT2D eigenvalue weighted by atomic mass is 10.1. The van der Waals surface area contributed by atoms with Gasteiger partial charge in [0.05, 0.1) is 29.4 Å². The van der Waals surface area contributed by atoms with E-state index in [2.05, 4.69) is 17.4 Å².